The number of aryl methyl sites for hydroxylation is 2. The zero-order valence-corrected chi connectivity index (χ0v) is 12.3. The van der Waals surface area contributed by atoms with E-state index in [-0.39, 0.29) is 11.9 Å². The number of rotatable bonds is 3. The molecule has 3 nitrogen and oxygen atoms in total. The van der Waals surface area contributed by atoms with E-state index in [0.717, 1.165) is 31.5 Å². The van der Waals surface area contributed by atoms with Gasteiger partial charge in [-0.05, 0) is 56.5 Å². The molecule has 0 aliphatic carbocycles. The number of benzene rings is 1. The lowest BCUT2D eigenvalue weighted by atomic mass is 10.0. The number of nitrogens with one attached hydrogen (secondary N) is 1. The first-order chi connectivity index (χ1) is 9.61. The molecule has 0 unspecified atom stereocenters. The molecule has 0 spiro atoms. The highest BCUT2D eigenvalue weighted by molar-refractivity contribution is 5.95. The molecule has 3 heteroatoms. The van der Waals surface area contributed by atoms with Crippen LogP contribution in [0.3, 0.4) is 0 Å². The van der Waals surface area contributed by atoms with Gasteiger partial charge in [-0.15, -0.1) is 6.42 Å². The minimum Gasteiger partial charge on any atom is -0.325 e. The molecular formula is C17H22N2O. The Morgan fingerprint density at radius 2 is 2.20 bits per heavy atom. The quantitative estimate of drug-likeness (QED) is 0.857. The molecule has 0 saturated carbocycles. The van der Waals surface area contributed by atoms with Crippen LogP contribution in [0.1, 0.15) is 30.4 Å². The van der Waals surface area contributed by atoms with Gasteiger partial charge in [0.25, 0.3) is 0 Å². The highest BCUT2D eigenvalue weighted by Crippen LogP contribution is 2.19. The molecule has 1 saturated heterocycles. The van der Waals surface area contributed by atoms with Gasteiger partial charge in [-0.2, -0.15) is 0 Å². The van der Waals surface area contributed by atoms with E-state index in [4.69, 9.17) is 6.42 Å². The first-order valence-electron chi connectivity index (χ1n) is 7.17. The fourth-order valence-corrected chi connectivity index (χ4v) is 2.64. The van der Waals surface area contributed by atoms with Gasteiger partial charge >= 0.3 is 0 Å². The highest BCUT2D eigenvalue weighted by atomic mass is 16.2. The lowest BCUT2D eigenvalue weighted by Gasteiger charge is -2.33. The van der Waals surface area contributed by atoms with Crippen LogP contribution in [0, 0.1) is 26.2 Å². The highest BCUT2D eigenvalue weighted by Gasteiger charge is 2.27. The summed E-state index contributed by atoms with van der Waals surface area (Å²) in [5.41, 5.74) is 3.28. The summed E-state index contributed by atoms with van der Waals surface area (Å²) < 4.78 is 0. The third-order valence-electron chi connectivity index (χ3n) is 3.99. The van der Waals surface area contributed by atoms with Crippen molar-refractivity contribution >= 4 is 11.6 Å². The van der Waals surface area contributed by atoms with Crippen molar-refractivity contribution in [1.29, 1.82) is 0 Å². The number of likely N-dealkylation sites (tertiary alicyclic amines) is 1. The maximum atomic E-state index is 12.4. The SMILES string of the molecule is C#CCN1CCCC[C@@H]1C(=O)Nc1ccc(C)c(C)c1. The molecule has 0 radical (unpaired) electrons. The second-order valence-corrected chi connectivity index (χ2v) is 5.47. The van der Waals surface area contributed by atoms with Gasteiger partial charge in [0.05, 0.1) is 12.6 Å². The van der Waals surface area contributed by atoms with Crippen LogP contribution in [-0.2, 0) is 4.79 Å². The number of anilines is 1. The minimum absolute atomic E-state index is 0.0585. The van der Waals surface area contributed by atoms with Crippen molar-refractivity contribution in [1.82, 2.24) is 4.90 Å². The fraction of sp³-hybridized carbons (Fsp3) is 0.471. The lowest BCUT2D eigenvalue weighted by molar-refractivity contribution is -0.122. The van der Waals surface area contributed by atoms with E-state index in [9.17, 15) is 4.79 Å². The zero-order valence-electron chi connectivity index (χ0n) is 12.3. The number of nitrogens with zero attached hydrogens (tertiary/aromatic N) is 1. The van der Waals surface area contributed by atoms with Crippen molar-refractivity contribution in [2.45, 2.75) is 39.2 Å². The van der Waals surface area contributed by atoms with Gasteiger partial charge in [-0.25, -0.2) is 0 Å². The molecule has 1 aliphatic heterocycles. The summed E-state index contributed by atoms with van der Waals surface area (Å²) in [5, 5.41) is 3.02. The maximum absolute atomic E-state index is 12.4. The third-order valence-corrected chi connectivity index (χ3v) is 3.99. The Labute approximate surface area is 121 Å². The molecule has 1 fully saturated rings. The predicted molar refractivity (Wildman–Crippen MR) is 82.6 cm³/mol. The summed E-state index contributed by atoms with van der Waals surface area (Å²) in [7, 11) is 0. The standard InChI is InChI=1S/C17H22N2O/c1-4-10-19-11-6-5-7-16(19)17(20)18-15-9-8-13(2)14(3)12-15/h1,8-9,12,16H,5-7,10-11H2,2-3H3,(H,18,20)/t16-/m1/s1. The summed E-state index contributed by atoms with van der Waals surface area (Å²) in [5.74, 6) is 2.71. The van der Waals surface area contributed by atoms with Gasteiger partial charge in [0.2, 0.25) is 5.91 Å². The van der Waals surface area contributed by atoms with Crippen LogP contribution in [0.15, 0.2) is 18.2 Å². The van der Waals surface area contributed by atoms with Crippen LogP contribution in [0.2, 0.25) is 0 Å². The molecule has 1 heterocycles. The number of amides is 1. The Balaban J connectivity index is 2.06. The van der Waals surface area contributed by atoms with Crippen LogP contribution in [0.4, 0.5) is 5.69 Å². The summed E-state index contributed by atoms with van der Waals surface area (Å²) in [6, 6.07) is 5.91. The van der Waals surface area contributed by atoms with E-state index in [1.807, 2.05) is 18.2 Å². The first-order valence-corrected chi connectivity index (χ1v) is 7.17. The van der Waals surface area contributed by atoms with Crippen molar-refractivity contribution in [2.75, 3.05) is 18.4 Å². The summed E-state index contributed by atoms with van der Waals surface area (Å²) in [4.78, 5) is 14.5. The number of terminal acetylenes is 1. The molecule has 2 rings (SSSR count). The average molecular weight is 270 g/mol. The number of hydrogen-bond acceptors (Lipinski definition) is 2. The first kappa shape index (κ1) is 14.6. The summed E-state index contributed by atoms with van der Waals surface area (Å²) >= 11 is 0. The molecule has 1 N–H and O–H groups in total. The van der Waals surface area contributed by atoms with Crippen molar-refractivity contribution in [3.05, 3.63) is 29.3 Å². The monoisotopic (exact) mass is 270 g/mol. The van der Waals surface area contributed by atoms with Gasteiger partial charge in [-0.3, -0.25) is 9.69 Å². The Morgan fingerprint density at radius 1 is 1.40 bits per heavy atom. The second-order valence-electron chi connectivity index (χ2n) is 5.47. The molecule has 0 bridgehead atoms. The van der Waals surface area contributed by atoms with E-state index in [1.54, 1.807) is 0 Å². The van der Waals surface area contributed by atoms with Crippen molar-refractivity contribution in [2.24, 2.45) is 0 Å². The molecule has 1 aromatic rings. The number of carbonyl (C=O) groups excluding carboxylic acids is 1. The molecule has 1 atom stereocenters. The summed E-state index contributed by atoms with van der Waals surface area (Å²) in [6.07, 6.45) is 8.48. The Kier molecular flexibility index (Phi) is 4.81. The van der Waals surface area contributed by atoms with E-state index in [1.165, 1.54) is 11.1 Å². The van der Waals surface area contributed by atoms with E-state index >= 15 is 0 Å². The minimum atomic E-state index is -0.0959. The summed E-state index contributed by atoms with van der Waals surface area (Å²) in [6.45, 7) is 5.58. The van der Waals surface area contributed by atoms with Crippen LogP contribution < -0.4 is 5.32 Å². The van der Waals surface area contributed by atoms with Gasteiger partial charge in [0.15, 0.2) is 0 Å². The van der Waals surface area contributed by atoms with Crippen molar-refractivity contribution in [3.8, 4) is 12.3 Å². The van der Waals surface area contributed by atoms with E-state index in [2.05, 4.69) is 30.0 Å². The van der Waals surface area contributed by atoms with Gasteiger partial charge in [0.1, 0.15) is 0 Å². The number of hydrogen-bond donors (Lipinski definition) is 1. The number of carbonyl (C=O) groups is 1. The van der Waals surface area contributed by atoms with E-state index in [0.29, 0.717) is 6.54 Å². The van der Waals surface area contributed by atoms with Crippen LogP contribution in [0.5, 0.6) is 0 Å². The Bertz CT molecular complexity index is 530. The topological polar surface area (TPSA) is 32.3 Å². The van der Waals surface area contributed by atoms with Crippen molar-refractivity contribution < 1.29 is 4.79 Å². The Morgan fingerprint density at radius 3 is 2.90 bits per heavy atom. The van der Waals surface area contributed by atoms with Gasteiger partial charge in [-0.1, -0.05) is 18.4 Å². The zero-order chi connectivity index (χ0) is 14.5. The molecule has 20 heavy (non-hydrogen) atoms. The largest absolute Gasteiger partial charge is 0.325 e. The smallest absolute Gasteiger partial charge is 0.241 e. The Hall–Kier alpha value is -1.79. The number of piperidine rings is 1. The molecule has 106 valence electrons. The third kappa shape index (κ3) is 3.40. The normalized spacial score (nSPS) is 19.4. The van der Waals surface area contributed by atoms with Crippen LogP contribution in [-0.4, -0.2) is 29.9 Å². The molecule has 1 amide bonds. The molecule has 0 aromatic heterocycles. The second kappa shape index (κ2) is 6.58. The van der Waals surface area contributed by atoms with Crippen LogP contribution >= 0.6 is 0 Å². The maximum Gasteiger partial charge on any atom is 0.241 e. The molecular weight excluding hydrogens is 248 g/mol. The van der Waals surface area contributed by atoms with E-state index < -0.39 is 0 Å². The molecule has 1 aromatic carbocycles. The van der Waals surface area contributed by atoms with Crippen LogP contribution in [0.25, 0.3) is 0 Å². The van der Waals surface area contributed by atoms with Gasteiger partial charge in [0, 0.05) is 5.69 Å². The van der Waals surface area contributed by atoms with Gasteiger partial charge < -0.3 is 5.32 Å². The lowest BCUT2D eigenvalue weighted by Crippen LogP contribution is -2.47. The fourth-order valence-electron chi connectivity index (χ4n) is 2.64. The average Bonchev–Trinajstić information content (AvgIpc) is 2.44. The predicted octanol–water partition coefficient (Wildman–Crippen LogP) is 2.73. The molecule has 1 aliphatic rings. The van der Waals surface area contributed by atoms with Crippen molar-refractivity contribution in [3.63, 3.8) is 0 Å².